The lowest BCUT2D eigenvalue weighted by Crippen LogP contribution is -2.39. The average Bonchev–Trinajstić information content (AvgIpc) is 2.69. The minimum atomic E-state index is 0.176. The molecule has 2 rings (SSSR count). The van der Waals surface area contributed by atoms with Crippen molar-refractivity contribution in [3.05, 3.63) is 15.6 Å². The van der Waals surface area contributed by atoms with Gasteiger partial charge < -0.3 is 5.32 Å². The topological polar surface area (TPSA) is 48.7 Å². The number of rotatable bonds is 3. The van der Waals surface area contributed by atoms with Crippen LogP contribution in [0.5, 0.6) is 0 Å². The molecule has 0 radical (unpaired) electrons. The molecule has 18 heavy (non-hydrogen) atoms. The van der Waals surface area contributed by atoms with Crippen LogP contribution in [0.25, 0.3) is 0 Å². The van der Waals surface area contributed by atoms with Crippen LogP contribution in [-0.4, -0.2) is 11.0 Å². The van der Waals surface area contributed by atoms with Crippen molar-refractivity contribution < 1.29 is 0 Å². The lowest BCUT2D eigenvalue weighted by molar-refractivity contribution is 0.293. The van der Waals surface area contributed by atoms with Gasteiger partial charge in [0.25, 0.3) is 0 Å². The number of thiazole rings is 1. The van der Waals surface area contributed by atoms with E-state index in [-0.39, 0.29) is 5.92 Å². The van der Waals surface area contributed by atoms with Crippen LogP contribution in [0, 0.1) is 31.1 Å². The fourth-order valence-corrected chi connectivity index (χ4v) is 3.77. The Hall–Kier alpha value is -0.920. The normalized spacial score (nSPS) is 25.7. The van der Waals surface area contributed by atoms with Crippen LogP contribution < -0.4 is 5.32 Å². The van der Waals surface area contributed by atoms with Crippen LogP contribution in [0.3, 0.4) is 0 Å². The van der Waals surface area contributed by atoms with Crippen LogP contribution in [0.4, 0.5) is 0 Å². The smallest absolute Gasteiger partial charge is 0.0900 e. The van der Waals surface area contributed by atoms with E-state index in [1.165, 1.54) is 17.7 Å². The Morgan fingerprint density at radius 3 is 2.72 bits per heavy atom. The van der Waals surface area contributed by atoms with Gasteiger partial charge in [0.05, 0.1) is 22.7 Å². The Labute approximate surface area is 113 Å². The van der Waals surface area contributed by atoms with Crippen LogP contribution in [0.2, 0.25) is 0 Å². The zero-order chi connectivity index (χ0) is 13.1. The molecule has 1 heterocycles. The van der Waals surface area contributed by atoms with Gasteiger partial charge in [-0.3, -0.25) is 0 Å². The maximum absolute atomic E-state index is 9.20. The Balaban J connectivity index is 2.04. The molecule has 1 saturated carbocycles. The van der Waals surface area contributed by atoms with Crippen molar-refractivity contribution in [2.24, 2.45) is 5.92 Å². The van der Waals surface area contributed by atoms with Crippen molar-refractivity contribution in [1.82, 2.24) is 10.3 Å². The molecule has 1 aromatic rings. The predicted octanol–water partition coefficient (Wildman–Crippen LogP) is 3.49. The Morgan fingerprint density at radius 1 is 1.39 bits per heavy atom. The lowest BCUT2D eigenvalue weighted by atomic mass is 9.85. The third-order valence-electron chi connectivity index (χ3n) is 3.73. The molecule has 1 aliphatic carbocycles. The molecule has 1 fully saturated rings. The van der Waals surface area contributed by atoms with Crippen LogP contribution in [-0.2, 0) is 0 Å². The summed E-state index contributed by atoms with van der Waals surface area (Å²) in [7, 11) is 0. The number of aryl methyl sites for hydroxylation is 2. The lowest BCUT2D eigenvalue weighted by Gasteiger charge is -2.30. The van der Waals surface area contributed by atoms with Gasteiger partial charge in [0.2, 0.25) is 0 Å². The summed E-state index contributed by atoms with van der Waals surface area (Å²) >= 11 is 1.76. The van der Waals surface area contributed by atoms with Gasteiger partial charge >= 0.3 is 0 Å². The van der Waals surface area contributed by atoms with Crippen molar-refractivity contribution in [2.45, 2.75) is 58.5 Å². The first kappa shape index (κ1) is 13.5. The molecule has 0 bridgehead atoms. The van der Waals surface area contributed by atoms with E-state index in [1.54, 1.807) is 11.3 Å². The van der Waals surface area contributed by atoms with E-state index in [0.717, 1.165) is 23.5 Å². The zero-order valence-corrected chi connectivity index (χ0v) is 12.2. The van der Waals surface area contributed by atoms with E-state index >= 15 is 0 Å². The number of aromatic nitrogens is 1. The van der Waals surface area contributed by atoms with Gasteiger partial charge in [-0.15, -0.1) is 11.3 Å². The molecule has 0 spiro atoms. The summed E-state index contributed by atoms with van der Waals surface area (Å²) in [6.45, 7) is 6.30. The third-order valence-corrected chi connectivity index (χ3v) is 4.98. The SMILES string of the molecule is Cc1nc(C)c(C(C)NC2CCCCC2C#N)s1. The average molecular weight is 263 g/mol. The first-order valence-corrected chi connectivity index (χ1v) is 7.53. The highest BCUT2D eigenvalue weighted by molar-refractivity contribution is 7.11. The fourth-order valence-electron chi connectivity index (χ4n) is 2.83. The second kappa shape index (κ2) is 5.81. The Kier molecular flexibility index (Phi) is 4.36. The largest absolute Gasteiger partial charge is 0.305 e. The van der Waals surface area contributed by atoms with Crippen molar-refractivity contribution in [3.8, 4) is 6.07 Å². The first-order chi connectivity index (χ1) is 8.61. The quantitative estimate of drug-likeness (QED) is 0.908. The van der Waals surface area contributed by atoms with E-state index < -0.39 is 0 Å². The number of nitrogens with one attached hydrogen (secondary N) is 1. The number of hydrogen-bond donors (Lipinski definition) is 1. The zero-order valence-electron chi connectivity index (χ0n) is 11.4. The Bertz CT molecular complexity index is 446. The van der Waals surface area contributed by atoms with Crippen molar-refractivity contribution >= 4 is 11.3 Å². The highest BCUT2D eigenvalue weighted by atomic mass is 32.1. The summed E-state index contributed by atoms with van der Waals surface area (Å²) in [6, 6.07) is 3.10. The fraction of sp³-hybridized carbons (Fsp3) is 0.714. The molecule has 3 unspecified atom stereocenters. The van der Waals surface area contributed by atoms with Crippen LogP contribution in [0.1, 0.15) is 54.2 Å². The number of hydrogen-bond acceptors (Lipinski definition) is 4. The number of nitriles is 1. The van der Waals surface area contributed by atoms with Crippen molar-refractivity contribution in [1.29, 1.82) is 5.26 Å². The second-order valence-corrected chi connectivity index (χ2v) is 6.43. The van der Waals surface area contributed by atoms with Gasteiger partial charge in [0, 0.05) is 17.0 Å². The van der Waals surface area contributed by atoms with Gasteiger partial charge in [0.15, 0.2) is 0 Å². The Morgan fingerprint density at radius 2 is 2.11 bits per heavy atom. The predicted molar refractivity (Wildman–Crippen MR) is 74.5 cm³/mol. The highest BCUT2D eigenvalue weighted by Crippen LogP contribution is 2.29. The molecule has 4 heteroatoms. The van der Waals surface area contributed by atoms with E-state index in [1.807, 2.05) is 6.92 Å². The van der Waals surface area contributed by atoms with Gasteiger partial charge in [-0.25, -0.2) is 4.98 Å². The highest BCUT2D eigenvalue weighted by Gasteiger charge is 2.27. The number of nitrogens with zero attached hydrogens (tertiary/aromatic N) is 2. The van der Waals surface area contributed by atoms with Gasteiger partial charge in [-0.2, -0.15) is 5.26 Å². The molecule has 0 amide bonds. The monoisotopic (exact) mass is 263 g/mol. The molecule has 0 aromatic carbocycles. The van der Waals surface area contributed by atoms with Crippen molar-refractivity contribution in [3.63, 3.8) is 0 Å². The standard InChI is InChI=1S/C14H21N3S/c1-9-14(18-11(3)16-9)10(2)17-13-7-5-4-6-12(13)8-15/h10,12-13,17H,4-7H2,1-3H3. The van der Waals surface area contributed by atoms with Crippen molar-refractivity contribution in [2.75, 3.05) is 0 Å². The molecule has 0 aliphatic heterocycles. The third kappa shape index (κ3) is 2.90. The van der Waals surface area contributed by atoms with Gasteiger partial charge in [-0.1, -0.05) is 12.8 Å². The first-order valence-electron chi connectivity index (χ1n) is 6.71. The molecule has 0 saturated heterocycles. The summed E-state index contributed by atoms with van der Waals surface area (Å²) in [4.78, 5) is 5.79. The molecular formula is C14H21N3S. The maximum Gasteiger partial charge on any atom is 0.0900 e. The van der Waals surface area contributed by atoms with Gasteiger partial charge in [0.1, 0.15) is 0 Å². The molecule has 1 N–H and O–H groups in total. The van der Waals surface area contributed by atoms with Crippen LogP contribution >= 0.6 is 11.3 Å². The second-order valence-electron chi connectivity index (χ2n) is 5.20. The molecule has 98 valence electrons. The molecule has 1 aliphatic rings. The summed E-state index contributed by atoms with van der Waals surface area (Å²) < 4.78 is 0. The van der Waals surface area contributed by atoms with E-state index in [0.29, 0.717) is 12.1 Å². The van der Waals surface area contributed by atoms with E-state index in [9.17, 15) is 5.26 Å². The molecule has 3 atom stereocenters. The van der Waals surface area contributed by atoms with Crippen LogP contribution in [0.15, 0.2) is 0 Å². The summed E-state index contributed by atoms with van der Waals surface area (Å²) in [5, 5.41) is 14.0. The molecular weight excluding hydrogens is 242 g/mol. The summed E-state index contributed by atoms with van der Waals surface area (Å²) in [5.41, 5.74) is 1.13. The maximum atomic E-state index is 9.20. The van der Waals surface area contributed by atoms with Gasteiger partial charge in [-0.05, 0) is 33.6 Å². The minimum absolute atomic E-state index is 0.176. The molecule has 1 aromatic heterocycles. The van der Waals surface area contributed by atoms with E-state index in [4.69, 9.17) is 0 Å². The summed E-state index contributed by atoms with van der Waals surface area (Å²) in [6.07, 6.45) is 4.60. The molecule has 3 nitrogen and oxygen atoms in total. The van der Waals surface area contributed by atoms with E-state index in [2.05, 4.69) is 30.2 Å². The minimum Gasteiger partial charge on any atom is -0.305 e. The summed E-state index contributed by atoms with van der Waals surface area (Å²) in [5.74, 6) is 0.176.